The maximum Gasteiger partial charge on any atom is 0.230 e. The van der Waals surface area contributed by atoms with Gasteiger partial charge in [0.2, 0.25) is 5.91 Å². The highest BCUT2D eigenvalue weighted by Crippen LogP contribution is 2.44. The van der Waals surface area contributed by atoms with Crippen molar-refractivity contribution in [1.82, 2.24) is 10.2 Å². The minimum Gasteiger partial charge on any atom is -0.345 e. The first-order valence-electron chi connectivity index (χ1n) is 8.22. The van der Waals surface area contributed by atoms with Crippen LogP contribution in [-0.4, -0.2) is 37.5 Å². The van der Waals surface area contributed by atoms with E-state index in [0.29, 0.717) is 11.8 Å². The van der Waals surface area contributed by atoms with E-state index in [2.05, 4.69) is 29.6 Å². The maximum absolute atomic E-state index is 13.0. The molecule has 22 heavy (non-hydrogen) atoms. The van der Waals surface area contributed by atoms with Gasteiger partial charge in [0, 0.05) is 20.1 Å². The molecule has 0 bridgehead atoms. The second-order valence-corrected chi connectivity index (χ2v) is 6.69. The third-order valence-electron chi connectivity index (χ3n) is 5.39. The smallest absolute Gasteiger partial charge is 0.230 e. The molecule has 1 amide bonds. The molecule has 3 nitrogen and oxygen atoms in total. The third-order valence-corrected chi connectivity index (χ3v) is 5.39. The Labute approximate surface area is 139 Å². The molecular formula is C18H27ClN2O. The van der Waals surface area contributed by atoms with Crippen molar-refractivity contribution in [3.63, 3.8) is 0 Å². The summed E-state index contributed by atoms with van der Waals surface area (Å²) in [5.74, 6) is 0.922. The summed E-state index contributed by atoms with van der Waals surface area (Å²) < 4.78 is 0. The zero-order valence-corrected chi connectivity index (χ0v) is 14.2. The second kappa shape index (κ2) is 7.47. The Balaban J connectivity index is 0.00000176. The van der Waals surface area contributed by atoms with E-state index in [0.717, 1.165) is 32.5 Å². The maximum atomic E-state index is 13.0. The quantitative estimate of drug-likeness (QED) is 0.924. The Bertz CT molecular complexity index is 493. The first kappa shape index (κ1) is 17.3. The summed E-state index contributed by atoms with van der Waals surface area (Å²) in [6.07, 6.45) is 5.72. The average Bonchev–Trinajstić information content (AvgIpc) is 2.98. The van der Waals surface area contributed by atoms with E-state index in [4.69, 9.17) is 0 Å². The van der Waals surface area contributed by atoms with Crippen molar-refractivity contribution < 1.29 is 4.79 Å². The number of nitrogens with one attached hydrogen (secondary N) is 1. The van der Waals surface area contributed by atoms with E-state index in [9.17, 15) is 4.79 Å². The SMILES string of the molecule is CN(CCc1ccccc1)C(=O)[C@@]12CCCC[C@H]1CNC2.Cl. The van der Waals surface area contributed by atoms with Crippen molar-refractivity contribution in [2.75, 3.05) is 26.7 Å². The van der Waals surface area contributed by atoms with Crippen LogP contribution in [-0.2, 0) is 11.2 Å². The molecule has 0 radical (unpaired) electrons. The van der Waals surface area contributed by atoms with Crippen LogP contribution in [0.2, 0.25) is 0 Å². The number of halogens is 1. The Morgan fingerprint density at radius 2 is 2.09 bits per heavy atom. The van der Waals surface area contributed by atoms with Crippen LogP contribution in [0.1, 0.15) is 31.2 Å². The lowest BCUT2D eigenvalue weighted by molar-refractivity contribution is -0.143. The number of rotatable bonds is 4. The van der Waals surface area contributed by atoms with Crippen LogP contribution < -0.4 is 5.32 Å². The number of carbonyl (C=O) groups is 1. The van der Waals surface area contributed by atoms with E-state index < -0.39 is 0 Å². The van der Waals surface area contributed by atoms with Gasteiger partial charge in [-0.1, -0.05) is 43.2 Å². The molecule has 0 unspecified atom stereocenters. The van der Waals surface area contributed by atoms with Crippen LogP contribution in [0.3, 0.4) is 0 Å². The number of likely N-dealkylation sites (N-methyl/N-ethyl adjacent to an activating group) is 1. The van der Waals surface area contributed by atoms with Crippen LogP contribution in [0.15, 0.2) is 30.3 Å². The fourth-order valence-electron chi connectivity index (χ4n) is 4.09. The van der Waals surface area contributed by atoms with Gasteiger partial charge in [-0.2, -0.15) is 0 Å². The van der Waals surface area contributed by atoms with E-state index >= 15 is 0 Å². The summed E-state index contributed by atoms with van der Waals surface area (Å²) in [7, 11) is 1.98. The zero-order valence-electron chi connectivity index (χ0n) is 13.4. The van der Waals surface area contributed by atoms with Crippen LogP contribution in [0.25, 0.3) is 0 Å². The molecule has 1 aromatic rings. The summed E-state index contributed by atoms with van der Waals surface area (Å²) in [5, 5.41) is 3.47. The molecule has 3 rings (SSSR count). The number of hydrogen-bond acceptors (Lipinski definition) is 2. The molecule has 1 aromatic carbocycles. The van der Waals surface area contributed by atoms with Gasteiger partial charge >= 0.3 is 0 Å². The molecule has 1 N–H and O–H groups in total. The van der Waals surface area contributed by atoms with Gasteiger partial charge in [0.1, 0.15) is 0 Å². The van der Waals surface area contributed by atoms with Gasteiger partial charge in [0.05, 0.1) is 5.41 Å². The predicted octanol–water partition coefficient (Wildman–Crippen LogP) is 2.89. The lowest BCUT2D eigenvalue weighted by Gasteiger charge is -2.39. The number of benzene rings is 1. The normalized spacial score (nSPS) is 26.9. The third kappa shape index (κ3) is 3.31. The highest BCUT2D eigenvalue weighted by atomic mass is 35.5. The van der Waals surface area contributed by atoms with Gasteiger partial charge in [0.15, 0.2) is 0 Å². The van der Waals surface area contributed by atoms with Gasteiger partial charge in [-0.25, -0.2) is 0 Å². The molecular weight excluding hydrogens is 296 g/mol. The second-order valence-electron chi connectivity index (χ2n) is 6.69. The van der Waals surface area contributed by atoms with Gasteiger partial charge in [-0.3, -0.25) is 4.79 Å². The molecule has 4 heteroatoms. The first-order valence-corrected chi connectivity index (χ1v) is 8.22. The Morgan fingerprint density at radius 3 is 2.86 bits per heavy atom. The van der Waals surface area contributed by atoms with Crippen LogP contribution in [0.5, 0.6) is 0 Å². The predicted molar refractivity (Wildman–Crippen MR) is 92.3 cm³/mol. The topological polar surface area (TPSA) is 32.3 Å². The summed E-state index contributed by atoms with van der Waals surface area (Å²) in [6, 6.07) is 10.4. The molecule has 2 fully saturated rings. The van der Waals surface area contributed by atoms with Gasteiger partial charge in [-0.15, -0.1) is 12.4 Å². The summed E-state index contributed by atoms with van der Waals surface area (Å²) in [4.78, 5) is 15.0. The van der Waals surface area contributed by atoms with Crippen molar-refractivity contribution in [1.29, 1.82) is 0 Å². The molecule has 1 aliphatic heterocycles. The van der Waals surface area contributed by atoms with Crippen LogP contribution in [0, 0.1) is 11.3 Å². The number of nitrogens with zero attached hydrogens (tertiary/aromatic N) is 1. The first-order chi connectivity index (χ1) is 10.2. The lowest BCUT2D eigenvalue weighted by atomic mass is 9.67. The molecule has 1 saturated heterocycles. The monoisotopic (exact) mass is 322 g/mol. The molecule has 1 heterocycles. The molecule has 2 atom stereocenters. The van der Waals surface area contributed by atoms with Crippen LogP contribution >= 0.6 is 12.4 Å². The fraction of sp³-hybridized carbons (Fsp3) is 0.611. The molecule has 1 saturated carbocycles. The standard InChI is InChI=1S/C18H26N2O.ClH/c1-20(12-10-15-7-3-2-4-8-15)17(21)18-11-6-5-9-16(18)13-19-14-18;/h2-4,7-8,16,19H,5-6,9-14H2,1H3;1H/t16-,18+;/m0./s1. The van der Waals surface area contributed by atoms with Gasteiger partial charge in [0.25, 0.3) is 0 Å². The van der Waals surface area contributed by atoms with Crippen LogP contribution in [0.4, 0.5) is 0 Å². The average molecular weight is 323 g/mol. The fourth-order valence-corrected chi connectivity index (χ4v) is 4.09. The minimum atomic E-state index is -0.107. The number of carbonyl (C=O) groups excluding carboxylic acids is 1. The number of amides is 1. The van der Waals surface area contributed by atoms with E-state index in [1.807, 2.05) is 18.0 Å². The molecule has 2 aliphatic rings. The van der Waals surface area contributed by atoms with Crippen molar-refractivity contribution in [3.05, 3.63) is 35.9 Å². The van der Waals surface area contributed by atoms with E-state index in [-0.39, 0.29) is 17.8 Å². The van der Waals surface area contributed by atoms with Crippen molar-refractivity contribution in [3.8, 4) is 0 Å². The minimum absolute atomic E-state index is 0. The Morgan fingerprint density at radius 1 is 1.32 bits per heavy atom. The van der Waals surface area contributed by atoms with Crippen molar-refractivity contribution >= 4 is 18.3 Å². The van der Waals surface area contributed by atoms with Gasteiger partial charge in [-0.05, 0) is 37.3 Å². The highest BCUT2D eigenvalue weighted by Gasteiger charge is 2.50. The number of hydrogen-bond donors (Lipinski definition) is 1. The molecule has 1 aliphatic carbocycles. The molecule has 0 spiro atoms. The van der Waals surface area contributed by atoms with Crippen molar-refractivity contribution in [2.24, 2.45) is 11.3 Å². The number of fused-ring (bicyclic) bond motifs is 1. The van der Waals surface area contributed by atoms with Crippen molar-refractivity contribution in [2.45, 2.75) is 32.1 Å². The molecule has 0 aromatic heterocycles. The largest absolute Gasteiger partial charge is 0.345 e. The van der Waals surface area contributed by atoms with Gasteiger partial charge < -0.3 is 10.2 Å². The zero-order chi connectivity index (χ0) is 14.7. The molecule has 122 valence electrons. The van der Waals surface area contributed by atoms with E-state index in [1.165, 1.54) is 24.8 Å². The Hall–Kier alpha value is -1.06. The lowest BCUT2D eigenvalue weighted by Crippen LogP contribution is -2.48. The van der Waals surface area contributed by atoms with E-state index in [1.54, 1.807) is 0 Å². The highest BCUT2D eigenvalue weighted by molar-refractivity contribution is 5.85. The summed E-state index contributed by atoms with van der Waals surface area (Å²) in [6.45, 7) is 2.72. The Kier molecular flexibility index (Phi) is 5.87. The summed E-state index contributed by atoms with van der Waals surface area (Å²) >= 11 is 0. The summed E-state index contributed by atoms with van der Waals surface area (Å²) in [5.41, 5.74) is 1.20.